The number of amides is 1. The first-order valence-electron chi connectivity index (χ1n) is 7.60. The summed E-state index contributed by atoms with van der Waals surface area (Å²) in [5.74, 6) is -0.446. The molecule has 1 aliphatic heterocycles. The molecule has 2 aromatic rings. The Morgan fingerprint density at radius 1 is 1.12 bits per heavy atom. The minimum absolute atomic E-state index is 0.0542. The van der Waals surface area contributed by atoms with E-state index in [1.165, 1.54) is 17.6 Å². The zero-order valence-electron chi connectivity index (χ0n) is 13.2. The van der Waals surface area contributed by atoms with Crippen LogP contribution in [0.4, 0.5) is 0 Å². The van der Waals surface area contributed by atoms with Crippen molar-refractivity contribution in [1.29, 1.82) is 0 Å². The van der Waals surface area contributed by atoms with Gasteiger partial charge in [0.1, 0.15) is 16.4 Å². The van der Waals surface area contributed by atoms with Gasteiger partial charge in [0.15, 0.2) is 14.6 Å². The van der Waals surface area contributed by atoms with Crippen LogP contribution < -0.4 is 10.2 Å². The van der Waals surface area contributed by atoms with E-state index >= 15 is 0 Å². The van der Waals surface area contributed by atoms with Crippen molar-refractivity contribution in [3.8, 4) is 11.5 Å². The van der Waals surface area contributed by atoms with E-state index in [0.29, 0.717) is 5.75 Å². The number of para-hydroxylation sites is 2. The third kappa shape index (κ3) is 2.99. The predicted octanol–water partition coefficient (Wildman–Crippen LogP) is 1.92. The van der Waals surface area contributed by atoms with Crippen LogP contribution in [0.3, 0.4) is 0 Å². The molecule has 1 amide bonds. The molecular weight excluding hydrogens is 346 g/mol. The zero-order valence-corrected chi connectivity index (χ0v) is 14.0. The Bertz CT molecular complexity index is 860. The van der Waals surface area contributed by atoms with Gasteiger partial charge in [-0.1, -0.05) is 30.3 Å². The van der Waals surface area contributed by atoms with Gasteiger partial charge in [-0.3, -0.25) is 10.0 Å². The summed E-state index contributed by atoms with van der Waals surface area (Å²) in [6, 6.07) is 14.8. The molecule has 1 saturated heterocycles. The first-order valence-corrected chi connectivity index (χ1v) is 9.08. The first-order chi connectivity index (χ1) is 12.0. The third-order valence-corrected chi connectivity index (χ3v) is 6.58. The maximum atomic E-state index is 13.2. The van der Waals surface area contributed by atoms with E-state index in [9.17, 15) is 13.2 Å². The standard InChI is InChI=1S/C17H17NO6S/c19-16(18-20)17(10-11-23-12-17)25(21,22)15-9-5-4-8-14(15)24-13-6-2-1-3-7-13/h1-9,20H,10-12H2,(H,18,19). The van der Waals surface area contributed by atoms with Crippen LogP contribution in [-0.2, 0) is 19.4 Å². The Morgan fingerprint density at radius 2 is 1.80 bits per heavy atom. The highest BCUT2D eigenvalue weighted by atomic mass is 32.2. The zero-order chi connectivity index (χ0) is 17.9. The van der Waals surface area contributed by atoms with Crippen LogP contribution >= 0.6 is 0 Å². The molecule has 1 heterocycles. The number of carbonyl (C=O) groups excluding carboxylic acids is 1. The van der Waals surface area contributed by atoms with Crippen molar-refractivity contribution in [1.82, 2.24) is 5.48 Å². The summed E-state index contributed by atoms with van der Waals surface area (Å²) in [6.07, 6.45) is -0.0542. The van der Waals surface area contributed by atoms with Crippen LogP contribution in [0.25, 0.3) is 0 Å². The smallest absolute Gasteiger partial charge is 0.267 e. The lowest BCUT2D eigenvalue weighted by Crippen LogP contribution is -2.52. The predicted molar refractivity (Wildman–Crippen MR) is 88.2 cm³/mol. The number of carbonyl (C=O) groups is 1. The molecule has 0 bridgehead atoms. The average Bonchev–Trinajstić information content (AvgIpc) is 3.14. The molecular formula is C17H17NO6S. The SMILES string of the molecule is O=C(NO)C1(S(=O)(=O)c2ccccc2Oc2ccccc2)CCOC1. The van der Waals surface area contributed by atoms with E-state index in [0.717, 1.165) is 0 Å². The molecule has 1 aliphatic rings. The molecule has 0 saturated carbocycles. The Morgan fingerprint density at radius 3 is 2.44 bits per heavy atom. The minimum atomic E-state index is -4.18. The van der Waals surface area contributed by atoms with Crippen molar-refractivity contribution in [2.75, 3.05) is 13.2 Å². The van der Waals surface area contributed by atoms with Crippen molar-refractivity contribution in [2.24, 2.45) is 0 Å². The average molecular weight is 363 g/mol. The lowest BCUT2D eigenvalue weighted by molar-refractivity contribution is -0.131. The van der Waals surface area contributed by atoms with Gasteiger partial charge >= 0.3 is 0 Å². The van der Waals surface area contributed by atoms with Crippen molar-refractivity contribution in [2.45, 2.75) is 16.1 Å². The normalized spacial score (nSPS) is 20.2. The van der Waals surface area contributed by atoms with E-state index in [4.69, 9.17) is 14.7 Å². The van der Waals surface area contributed by atoms with Crippen LogP contribution in [0.2, 0.25) is 0 Å². The number of nitrogens with one attached hydrogen (secondary N) is 1. The van der Waals surface area contributed by atoms with Gasteiger partial charge in [0.25, 0.3) is 5.91 Å². The van der Waals surface area contributed by atoms with Crippen LogP contribution in [0.5, 0.6) is 11.5 Å². The molecule has 1 unspecified atom stereocenters. The van der Waals surface area contributed by atoms with Crippen molar-refractivity contribution >= 4 is 15.7 Å². The molecule has 25 heavy (non-hydrogen) atoms. The quantitative estimate of drug-likeness (QED) is 0.622. The number of benzene rings is 2. The summed E-state index contributed by atoms with van der Waals surface area (Å²) in [7, 11) is -4.18. The molecule has 0 radical (unpaired) electrons. The molecule has 3 rings (SSSR count). The van der Waals surface area contributed by atoms with Gasteiger partial charge in [0.05, 0.1) is 6.61 Å². The number of sulfone groups is 1. The maximum absolute atomic E-state index is 13.2. The Labute approximate surface area is 145 Å². The van der Waals surface area contributed by atoms with E-state index in [1.807, 2.05) is 6.07 Å². The molecule has 132 valence electrons. The van der Waals surface area contributed by atoms with Crippen LogP contribution in [-0.4, -0.2) is 37.5 Å². The fourth-order valence-electron chi connectivity index (χ4n) is 2.74. The monoisotopic (exact) mass is 363 g/mol. The Balaban J connectivity index is 2.07. The van der Waals surface area contributed by atoms with Gasteiger partial charge < -0.3 is 9.47 Å². The topological polar surface area (TPSA) is 102 Å². The minimum Gasteiger partial charge on any atom is -0.456 e. The fourth-order valence-corrected chi connectivity index (χ4v) is 4.68. The van der Waals surface area contributed by atoms with Gasteiger partial charge in [-0.15, -0.1) is 0 Å². The lowest BCUT2D eigenvalue weighted by atomic mass is 10.1. The number of rotatable bonds is 5. The molecule has 2 N–H and O–H groups in total. The highest BCUT2D eigenvalue weighted by Gasteiger charge is 2.55. The molecule has 1 atom stereocenters. The summed E-state index contributed by atoms with van der Waals surface area (Å²) in [6.45, 7) is -0.226. The maximum Gasteiger partial charge on any atom is 0.267 e. The molecule has 8 heteroatoms. The molecule has 0 spiro atoms. The highest BCUT2D eigenvalue weighted by molar-refractivity contribution is 7.93. The molecule has 1 fully saturated rings. The van der Waals surface area contributed by atoms with Gasteiger partial charge in [0, 0.05) is 13.0 Å². The largest absolute Gasteiger partial charge is 0.456 e. The summed E-state index contributed by atoms with van der Waals surface area (Å²) >= 11 is 0. The first kappa shape index (κ1) is 17.4. The van der Waals surface area contributed by atoms with Crippen molar-refractivity contribution < 1.29 is 27.9 Å². The number of ether oxygens (including phenoxy) is 2. The van der Waals surface area contributed by atoms with Crippen LogP contribution in [0.15, 0.2) is 59.5 Å². The third-order valence-electron chi connectivity index (χ3n) is 4.12. The molecule has 0 aliphatic carbocycles. The molecule has 0 aromatic heterocycles. The van der Waals surface area contributed by atoms with E-state index in [2.05, 4.69) is 0 Å². The number of hydroxylamine groups is 1. The Hall–Kier alpha value is -2.42. The van der Waals surface area contributed by atoms with E-state index in [1.54, 1.807) is 36.4 Å². The fraction of sp³-hybridized carbons (Fsp3) is 0.235. The van der Waals surface area contributed by atoms with Crippen molar-refractivity contribution in [3.05, 3.63) is 54.6 Å². The van der Waals surface area contributed by atoms with Crippen molar-refractivity contribution in [3.63, 3.8) is 0 Å². The highest BCUT2D eigenvalue weighted by Crippen LogP contribution is 2.39. The van der Waals surface area contributed by atoms with Gasteiger partial charge in [-0.2, -0.15) is 0 Å². The van der Waals surface area contributed by atoms with Gasteiger partial charge in [-0.25, -0.2) is 13.9 Å². The molecule has 7 nitrogen and oxygen atoms in total. The molecule has 2 aromatic carbocycles. The van der Waals surface area contributed by atoms with Gasteiger partial charge in [-0.05, 0) is 24.3 Å². The summed E-state index contributed by atoms with van der Waals surface area (Å²) in [5.41, 5.74) is 1.45. The number of hydrogen-bond acceptors (Lipinski definition) is 6. The Kier molecular flexibility index (Phi) is 4.76. The van der Waals surface area contributed by atoms with Crippen LogP contribution in [0, 0.1) is 0 Å². The van der Waals surface area contributed by atoms with E-state index < -0.39 is 20.5 Å². The summed E-state index contributed by atoms with van der Waals surface area (Å²) < 4.78 is 35.4. The van der Waals surface area contributed by atoms with Gasteiger partial charge in [0.2, 0.25) is 0 Å². The van der Waals surface area contributed by atoms with Crippen LogP contribution in [0.1, 0.15) is 6.42 Å². The second-order valence-corrected chi connectivity index (χ2v) is 7.83. The number of hydrogen-bond donors (Lipinski definition) is 2. The summed E-state index contributed by atoms with van der Waals surface area (Å²) in [4.78, 5) is 12.0. The van der Waals surface area contributed by atoms with E-state index in [-0.39, 0.29) is 30.3 Å². The second kappa shape index (κ2) is 6.83. The summed E-state index contributed by atoms with van der Waals surface area (Å²) in [5, 5.41) is 9.02. The lowest BCUT2D eigenvalue weighted by Gasteiger charge is -2.25. The second-order valence-electron chi connectivity index (χ2n) is 5.60.